The average Bonchev–Trinajstić information content (AvgIpc) is 3.89. The second kappa shape index (κ2) is 16.5. The van der Waals surface area contributed by atoms with Gasteiger partial charge in [-0.15, -0.1) is 6.58 Å². The summed E-state index contributed by atoms with van der Waals surface area (Å²) in [7, 11) is -2.74. The van der Waals surface area contributed by atoms with Crippen LogP contribution in [0, 0.1) is 38.9 Å². The lowest BCUT2D eigenvalue weighted by Crippen LogP contribution is -2.62. The lowest BCUT2D eigenvalue weighted by atomic mass is 9.73. The van der Waals surface area contributed by atoms with Crippen molar-refractivity contribution in [2.45, 2.75) is 175 Å². The zero-order valence-corrected chi connectivity index (χ0v) is 38.3. The fourth-order valence-electron chi connectivity index (χ4n) is 12.2. The third-order valence-corrected chi connectivity index (χ3v) is 18.0. The molecule has 2 aliphatic heterocycles. The molecule has 4 aliphatic carbocycles. The number of Topliss-reactive ketones (excluding diaryl/α,β-unsaturated/α-hetero) is 1. The number of amides is 4. The summed E-state index contributed by atoms with van der Waals surface area (Å²) in [5.41, 5.74) is -2.46. The molecule has 0 radical (unpaired) electrons. The number of ketones is 1. The van der Waals surface area contributed by atoms with Crippen LogP contribution in [0.4, 0.5) is 0 Å². The van der Waals surface area contributed by atoms with Crippen LogP contribution in [0.15, 0.2) is 12.7 Å². The first-order valence-electron chi connectivity index (χ1n) is 22.6. The normalized spacial score (nSPS) is 31.4. The van der Waals surface area contributed by atoms with Gasteiger partial charge >= 0.3 is 10.2 Å². The first-order chi connectivity index (χ1) is 27.5. The number of carbonyl (C=O) groups is 5. The average molecular weight is 843 g/mol. The smallest absolute Gasteiger partial charge is 0.303 e. The number of nitrogens with one attached hydrogen (secondary N) is 3. The van der Waals surface area contributed by atoms with E-state index < -0.39 is 51.0 Å². The van der Waals surface area contributed by atoms with Gasteiger partial charge in [0, 0.05) is 38.0 Å². The maximum Gasteiger partial charge on any atom is 0.303 e. The van der Waals surface area contributed by atoms with Crippen molar-refractivity contribution >= 4 is 39.6 Å². The molecular formula is C45H74N6O7S. The number of piperidine rings is 1. The lowest BCUT2D eigenvalue weighted by Gasteiger charge is -2.40. The molecule has 0 aromatic carbocycles. The molecule has 13 nitrogen and oxygen atoms in total. The van der Waals surface area contributed by atoms with Gasteiger partial charge in [0.05, 0.1) is 17.5 Å². The van der Waals surface area contributed by atoms with Crippen LogP contribution >= 0.6 is 0 Å². The third kappa shape index (κ3) is 7.93. The van der Waals surface area contributed by atoms with E-state index in [4.69, 9.17) is 0 Å². The van der Waals surface area contributed by atoms with Crippen LogP contribution in [-0.2, 0) is 34.2 Å². The molecule has 2 spiro atoms. The van der Waals surface area contributed by atoms with Crippen molar-refractivity contribution in [3.63, 3.8) is 0 Å². The Labute approximate surface area is 354 Å². The van der Waals surface area contributed by atoms with Gasteiger partial charge in [-0.1, -0.05) is 79.7 Å². The molecule has 2 heterocycles. The molecular weight excluding hydrogens is 769 g/mol. The number of allylic oxidation sites excluding steroid dienone is 1. The molecule has 0 aromatic rings. The van der Waals surface area contributed by atoms with Gasteiger partial charge < -0.3 is 15.5 Å². The molecule has 4 saturated carbocycles. The van der Waals surface area contributed by atoms with Gasteiger partial charge in [0.15, 0.2) is 5.78 Å². The van der Waals surface area contributed by atoms with Gasteiger partial charge in [-0.05, 0) is 99.8 Å². The molecule has 1 unspecified atom stereocenters. The Balaban J connectivity index is 1.28. The highest BCUT2D eigenvalue weighted by molar-refractivity contribution is 7.87. The first kappa shape index (κ1) is 45.7. The standard InChI is InChI=1S/C45H74N6O7S/c1-11-31-25-43(31,40(56)48-59(57,58)49(10)12-2)27-34(52)33-26-45(42(8,9)44(45)22-18-23-44)28-51(33)39(55)36(41(5,6)7)47-38(54)35(30-19-14-13-15-20-30)46-37(53)32-21-16-17-24-50(32)29(3)4/h11,29-33,35-36H,1,12-28H2,2-10H3,(H,46,53)(H,47,54)(H,48,56)/t31-,32+,33+,35?,36-,43-,45-/m1/s1. The number of rotatable bonds is 15. The fraction of sp³-hybridized carbons (Fsp3) is 0.844. The Hall–Kier alpha value is -2.84. The molecule has 332 valence electrons. The predicted octanol–water partition coefficient (Wildman–Crippen LogP) is 5.11. The quantitative estimate of drug-likeness (QED) is 0.192. The second-order valence-corrected chi connectivity index (χ2v) is 22.8. The van der Waals surface area contributed by atoms with E-state index in [2.05, 4.69) is 54.5 Å². The predicted molar refractivity (Wildman–Crippen MR) is 228 cm³/mol. The van der Waals surface area contributed by atoms with Crippen LogP contribution in [0.5, 0.6) is 0 Å². The highest BCUT2D eigenvalue weighted by Crippen LogP contribution is 2.88. The van der Waals surface area contributed by atoms with E-state index in [0.717, 1.165) is 81.5 Å². The largest absolute Gasteiger partial charge is 0.343 e. The van der Waals surface area contributed by atoms with Gasteiger partial charge in [0.2, 0.25) is 23.6 Å². The molecule has 2 saturated heterocycles. The van der Waals surface area contributed by atoms with Gasteiger partial charge in [-0.25, -0.2) is 4.72 Å². The number of hydrogen-bond donors (Lipinski definition) is 3. The molecule has 0 bridgehead atoms. The summed E-state index contributed by atoms with van der Waals surface area (Å²) < 4.78 is 29.2. The van der Waals surface area contributed by atoms with Gasteiger partial charge in [-0.2, -0.15) is 12.7 Å². The Morgan fingerprint density at radius 1 is 0.898 bits per heavy atom. The number of hydrogen-bond acceptors (Lipinski definition) is 8. The number of carbonyl (C=O) groups excluding carboxylic acids is 5. The molecule has 0 aromatic heterocycles. The lowest BCUT2D eigenvalue weighted by molar-refractivity contribution is -0.145. The zero-order valence-electron chi connectivity index (χ0n) is 37.5. The molecule has 6 rings (SSSR count). The Bertz CT molecular complexity index is 1780. The van der Waals surface area contributed by atoms with Crippen molar-refractivity contribution in [3.8, 4) is 0 Å². The van der Waals surface area contributed by atoms with Crippen molar-refractivity contribution in [1.82, 2.24) is 29.5 Å². The maximum absolute atomic E-state index is 15.3. The van der Waals surface area contributed by atoms with Crippen molar-refractivity contribution in [3.05, 3.63) is 12.7 Å². The van der Waals surface area contributed by atoms with E-state index in [1.807, 2.05) is 20.8 Å². The Morgan fingerprint density at radius 3 is 2.07 bits per heavy atom. The minimum Gasteiger partial charge on any atom is -0.343 e. The molecule has 14 heteroatoms. The topological polar surface area (TPSA) is 165 Å². The minimum atomic E-state index is -4.12. The van der Waals surface area contributed by atoms with Crippen molar-refractivity contribution in [2.75, 3.05) is 26.7 Å². The van der Waals surface area contributed by atoms with Gasteiger partial charge in [-0.3, -0.25) is 28.9 Å². The van der Waals surface area contributed by atoms with E-state index in [1.54, 1.807) is 17.9 Å². The van der Waals surface area contributed by atoms with Crippen molar-refractivity contribution < 1.29 is 32.4 Å². The molecule has 59 heavy (non-hydrogen) atoms. The third-order valence-electron chi connectivity index (χ3n) is 16.5. The molecule has 3 N–H and O–H groups in total. The summed E-state index contributed by atoms with van der Waals surface area (Å²) >= 11 is 0. The highest BCUT2D eigenvalue weighted by Gasteiger charge is 2.85. The van der Waals surface area contributed by atoms with E-state index in [1.165, 1.54) is 7.05 Å². The first-order valence-corrected chi connectivity index (χ1v) is 24.1. The van der Waals surface area contributed by atoms with Gasteiger partial charge in [0.25, 0.3) is 0 Å². The molecule has 4 amide bonds. The summed E-state index contributed by atoms with van der Waals surface area (Å²) in [5, 5.41) is 6.38. The maximum atomic E-state index is 15.3. The summed E-state index contributed by atoms with van der Waals surface area (Å²) in [4.78, 5) is 76.6. The van der Waals surface area contributed by atoms with Crippen LogP contribution in [0.2, 0.25) is 0 Å². The fourth-order valence-corrected chi connectivity index (χ4v) is 13.1. The van der Waals surface area contributed by atoms with Crippen LogP contribution in [0.1, 0.15) is 145 Å². The number of fused-ring (bicyclic) bond motifs is 1. The summed E-state index contributed by atoms with van der Waals surface area (Å²) in [6.07, 6.45) is 12.6. The van der Waals surface area contributed by atoms with Crippen LogP contribution in [0.3, 0.4) is 0 Å². The summed E-state index contributed by atoms with van der Waals surface area (Å²) in [5.74, 6) is -2.31. The van der Waals surface area contributed by atoms with Crippen LogP contribution in [0.25, 0.3) is 0 Å². The highest BCUT2D eigenvalue weighted by atomic mass is 32.2. The van der Waals surface area contributed by atoms with E-state index in [9.17, 15) is 27.6 Å². The molecule has 7 atom stereocenters. The number of likely N-dealkylation sites (tertiary alicyclic amines) is 2. The second-order valence-electron chi connectivity index (χ2n) is 21.1. The van der Waals surface area contributed by atoms with E-state index in [0.29, 0.717) is 13.0 Å². The molecule has 6 fully saturated rings. The van der Waals surface area contributed by atoms with Gasteiger partial charge in [0.1, 0.15) is 12.1 Å². The summed E-state index contributed by atoms with van der Waals surface area (Å²) in [6.45, 7) is 21.3. The van der Waals surface area contributed by atoms with E-state index >= 15 is 4.79 Å². The molecule has 6 aliphatic rings. The Kier molecular flexibility index (Phi) is 12.7. The summed E-state index contributed by atoms with van der Waals surface area (Å²) in [6, 6.07) is -2.78. The SMILES string of the molecule is C=C[C@@H]1C[C@]1(CC(=O)[C@@H]1C[C@@]2(CN1C(=O)[C@@H](NC(=O)C(NC(=O)[C@@H]1CCCCN1C(C)C)C1CCCCC1)C(C)(C)C)C(C)(C)C21CCC1)C(=O)NS(=O)(=O)N(C)CC. The van der Waals surface area contributed by atoms with Crippen LogP contribution in [-0.4, -0.2) is 109 Å². The minimum absolute atomic E-state index is 0.00446. The van der Waals surface area contributed by atoms with Crippen LogP contribution < -0.4 is 15.4 Å². The Morgan fingerprint density at radius 2 is 1.54 bits per heavy atom. The monoisotopic (exact) mass is 843 g/mol. The number of nitrogens with zero attached hydrogens (tertiary/aromatic N) is 3. The van der Waals surface area contributed by atoms with Crippen molar-refractivity contribution in [2.24, 2.45) is 38.9 Å². The van der Waals surface area contributed by atoms with Crippen molar-refractivity contribution in [1.29, 1.82) is 0 Å². The van der Waals surface area contributed by atoms with E-state index in [-0.39, 0.29) is 77.1 Å². The zero-order chi connectivity index (χ0) is 43.5.